The van der Waals surface area contributed by atoms with Crippen LogP contribution in [0.2, 0.25) is 5.02 Å². The van der Waals surface area contributed by atoms with Crippen LogP contribution in [0.4, 0.5) is 5.69 Å². The third kappa shape index (κ3) is 5.38. The Morgan fingerprint density at radius 1 is 1.12 bits per heavy atom. The number of anilines is 1. The van der Waals surface area contributed by atoms with Gasteiger partial charge in [0.15, 0.2) is 0 Å². The van der Waals surface area contributed by atoms with E-state index in [0.29, 0.717) is 10.7 Å². The van der Waals surface area contributed by atoms with Crippen LogP contribution in [0.1, 0.15) is 22.5 Å². The molecule has 0 bridgehead atoms. The number of carbonyl (C=O) groups excluding carboxylic acids is 1. The molecule has 1 heterocycles. The van der Waals surface area contributed by atoms with Gasteiger partial charge in [0.25, 0.3) is 5.91 Å². The summed E-state index contributed by atoms with van der Waals surface area (Å²) in [7, 11) is -3.65. The third-order valence-electron chi connectivity index (χ3n) is 4.93. The average molecular weight is 473 g/mol. The molecule has 1 N–H and O–H groups in total. The van der Waals surface area contributed by atoms with Crippen molar-refractivity contribution in [3.8, 4) is 5.69 Å². The van der Waals surface area contributed by atoms with E-state index < -0.39 is 15.9 Å². The number of carbonyl (C=O) groups is 1. The lowest BCUT2D eigenvalue weighted by Crippen LogP contribution is -2.39. The predicted octanol–water partition coefficient (Wildman–Crippen LogP) is 3.97. The molecule has 1 aromatic heterocycles. The Labute approximate surface area is 193 Å². The van der Waals surface area contributed by atoms with Crippen molar-refractivity contribution in [2.75, 3.05) is 17.1 Å². The summed E-state index contributed by atoms with van der Waals surface area (Å²) in [6, 6.07) is 16.4. The van der Waals surface area contributed by atoms with Crippen molar-refractivity contribution >= 4 is 39.4 Å². The largest absolute Gasteiger partial charge is 0.316 e. The van der Waals surface area contributed by atoms with Gasteiger partial charge in [-0.1, -0.05) is 35.9 Å². The highest BCUT2D eigenvalue weighted by Gasteiger charge is 2.20. The minimum Gasteiger partial charge on any atom is -0.316 e. The molecule has 0 aliphatic rings. The summed E-state index contributed by atoms with van der Waals surface area (Å²) in [5.74, 6) is -0.548. The monoisotopic (exact) mass is 472 g/mol. The first-order valence-corrected chi connectivity index (χ1v) is 12.1. The summed E-state index contributed by atoms with van der Waals surface area (Å²) >= 11 is 6.34. The fourth-order valence-electron chi connectivity index (χ4n) is 3.44. The second kappa shape index (κ2) is 9.58. The van der Waals surface area contributed by atoms with Gasteiger partial charge in [0.1, 0.15) is 6.54 Å². The number of nitrogens with zero attached hydrogens (tertiary/aromatic N) is 3. The molecule has 0 fully saturated rings. The standard InChI is InChI=1S/C23H25ClN4O3S/c1-16-8-7-9-20(12-16)27(32(4,30)31)15-23(29)26-25-14-19-13-17(2)28(18(19)3)22-11-6-5-10-21(22)24/h5-14H,15H2,1-4H3,(H,26,29)/b25-14-. The number of aryl methyl sites for hydroxylation is 2. The van der Waals surface area contributed by atoms with Gasteiger partial charge in [-0.3, -0.25) is 9.10 Å². The fourth-order valence-corrected chi connectivity index (χ4v) is 4.51. The summed E-state index contributed by atoms with van der Waals surface area (Å²) in [4.78, 5) is 12.4. The first-order chi connectivity index (χ1) is 15.1. The number of sulfonamides is 1. The van der Waals surface area contributed by atoms with Crippen molar-refractivity contribution in [2.45, 2.75) is 20.8 Å². The summed E-state index contributed by atoms with van der Waals surface area (Å²) < 4.78 is 27.5. The van der Waals surface area contributed by atoms with Gasteiger partial charge >= 0.3 is 0 Å². The number of para-hydroxylation sites is 1. The van der Waals surface area contributed by atoms with Crippen LogP contribution in [0.15, 0.2) is 59.7 Å². The highest BCUT2D eigenvalue weighted by Crippen LogP contribution is 2.25. The molecule has 0 saturated carbocycles. The van der Waals surface area contributed by atoms with Gasteiger partial charge in [-0.05, 0) is 56.7 Å². The molecule has 3 aromatic rings. The number of amides is 1. The molecule has 3 rings (SSSR count). The van der Waals surface area contributed by atoms with Crippen LogP contribution in [0.3, 0.4) is 0 Å². The van der Waals surface area contributed by atoms with Crippen molar-refractivity contribution in [3.05, 3.63) is 82.1 Å². The molecule has 0 aliphatic carbocycles. The number of rotatable bonds is 7. The quantitative estimate of drug-likeness (QED) is 0.417. The lowest BCUT2D eigenvalue weighted by molar-refractivity contribution is -0.119. The minimum absolute atomic E-state index is 0.377. The van der Waals surface area contributed by atoms with Crippen LogP contribution >= 0.6 is 11.6 Å². The molecule has 1 amide bonds. The van der Waals surface area contributed by atoms with Gasteiger partial charge in [0.05, 0.1) is 28.9 Å². The van der Waals surface area contributed by atoms with E-state index in [0.717, 1.165) is 38.8 Å². The summed E-state index contributed by atoms with van der Waals surface area (Å²) in [6.07, 6.45) is 2.60. The predicted molar refractivity (Wildman–Crippen MR) is 129 cm³/mol. The molecule has 168 valence electrons. The first-order valence-electron chi connectivity index (χ1n) is 9.88. The lowest BCUT2D eigenvalue weighted by atomic mass is 10.2. The average Bonchev–Trinajstić information content (AvgIpc) is 2.99. The molecule has 0 unspecified atom stereocenters. The van der Waals surface area contributed by atoms with E-state index in [1.54, 1.807) is 18.2 Å². The van der Waals surface area contributed by atoms with Gasteiger partial charge in [0, 0.05) is 17.0 Å². The summed E-state index contributed by atoms with van der Waals surface area (Å²) in [6.45, 7) is 5.37. The molecule has 0 atom stereocenters. The smallest absolute Gasteiger partial charge is 0.260 e. The first kappa shape index (κ1) is 23.6. The van der Waals surface area contributed by atoms with E-state index in [1.807, 2.05) is 61.7 Å². The molecule has 7 nitrogen and oxygen atoms in total. The van der Waals surface area contributed by atoms with Crippen molar-refractivity contribution in [2.24, 2.45) is 5.10 Å². The number of hydrogen-bond acceptors (Lipinski definition) is 4. The van der Waals surface area contributed by atoms with Crippen LogP contribution in [0, 0.1) is 20.8 Å². The van der Waals surface area contributed by atoms with Crippen LogP contribution in [0.25, 0.3) is 5.69 Å². The highest BCUT2D eigenvalue weighted by atomic mass is 35.5. The van der Waals surface area contributed by atoms with E-state index in [-0.39, 0.29) is 6.54 Å². The third-order valence-corrected chi connectivity index (χ3v) is 6.39. The topological polar surface area (TPSA) is 83.8 Å². The number of benzene rings is 2. The van der Waals surface area contributed by atoms with Crippen LogP contribution in [0.5, 0.6) is 0 Å². The molecular weight excluding hydrogens is 448 g/mol. The van der Waals surface area contributed by atoms with Crippen LogP contribution < -0.4 is 9.73 Å². The number of nitrogens with one attached hydrogen (secondary N) is 1. The van der Waals surface area contributed by atoms with E-state index in [2.05, 4.69) is 10.5 Å². The Balaban J connectivity index is 1.75. The summed E-state index contributed by atoms with van der Waals surface area (Å²) in [5, 5.41) is 4.65. The maximum atomic E-state index is 12.4. The number of hydrazone groups is 1. The van der Waals surface area contributed by atoms with E-state index in [4.69, 9.17) is 11.6 Å². The molecule has 32 heavy (non-hydrogen) atoms. The van der Waals surface area contributed by atoms with Crippen molar-refractivity contribution < 1.29 is 13.2 Å². The lowest BCUT2D eigenvalue weighted by Gasteiger charge is -2.21. The number of halogens is 1. The molecule has 9 heteroatoms. The minimum atomic E-state index is -3.65. The summed E-state index contributed by atoms with van der Waals surface area (Å²) in [5.41, 5.74) is 7.27. The number of aromatic nitrogens is 1. The zero-order valence-electron chi connectivity index (χ0n) is 18.3. The van der Waals surface area contributed by atoms with Crippen molar-refractivity contribution in [1.82, 2.24) is 9.99 Å². The van der Waals surface area contributed by atoms with Crippen molar-refractivity contribution in [1.29, 1.82) is 0 Å². The van der Waals surface area contributed by atoms with Gasteiger partial charge in [-0.2, -0.15) is 5.10 Å². The van der Waals surface area contributed by atoms with E-state index in [9.17, 15) is 13.2 Å². The van der Waals surface area contributed by atoms with Crippen LogP contribution in [-0.4, -0.2) is 37.9 Å². The second-order valence-corrected chi connectivity index (χ2v) is 9.83. The Hall–Kier alpha value is -3.10. The van der Waals surface area contributed by atoms with E-state index in [1.165, 1.54) is 6.21 Å². The fraction of sp³-hybridized carbons (Fsp3) is 0.217. The zero-order valence-corrected chi connectivity index (χ0v) is 19.9. The van der Waals surface area contributed by atoms with Crippen molar-refractivity contribution in [3.63, 3.8) is 0 Å². The maximum Gasteiger partial charge on any atom is 0.260 e. The molecule has 0 radical (unpaired) electrons. The SMILES string of the molecule is Cc1cccc(N(CC(=O)N/N=C\c2cc(C)n(-c3ccccc3Cl)c2C)S(C)(=O)=O)c1. The molecule has 2 aromatic carbocycles. The Bertz CT molecular complexity index is 1280. The highest BCUT2D eigenvalue weighted by molar-refractivity contribution is 7.92. The maximum absolute atomic E-state index is 12.4. The van der Waals surface area contributed by atoms with Gasteiger partial charge in [-0.15, -0.1) is 0 Å². The molecule has 0 saturated heterocycles. The van der Waals surface area contributed by atoms with E-state index >= 15 is 0 Å². The molecule has 0 spiro atoms. The normalized spacial score (nSPS) is 11.7. The molecular formula is C23H25ClN4O3S. The Morgan fingerprint density at radius 2 is 1.84 bits per heavy atom. The second-order valence-electron chi connectivity index (χ2n) is 7.52. The van der Waals surface area contributed by atoms with Gasteiger partial charge < -0.3 is 4.57 Å². The molecule has 0 aliphatic heterocycles. The Kier molecular flexibility index (Phi) is 7.06. The van der Waals surface area contributed by atoms with Gasteiger partial charge in [0.2, 0.25) is 10.0 Å². The Morgan fingerprint density at radius 3 is 2.50 bits per heavy atom. The zero-order chi connectivity index (χ0) is 23.5. The van der Waals surface area contributed by atoms with Gasteiger partial charge in [-0.25, -0.2) is 13.8 Å². The van der Waals surface area contributed by atoms with Crippen LogP contribution in [-0.2, 0) is 14.8 Å². The number of hydrogen-bond donors (Lipinski definition) is 1.